The molecule has 5 nitrogen and oxygen atoms in total. The molecule has 0 unspecified atom stereocenters. The lowest BCUT2D eigenvalue weighted by Crippen LogP contribution is -2.58. The maximum atomic E-state index is 13.1. The van der Waals surface area contributed by atoms with E-state index < -0.39 is 21.9 Å². The van der Waals surface area contributed by atoms with Crippen LogP contribution in [-0.2, 0) is 16.3 Å². The number of H-pyrrole nitrogens is 1. The van der Waals surface area contributed by atoms with Crippen molar-refractivity contribution in [3.8, 4) is 0 Å². The van der Waals surface area contributed by atoms with Gasteiger partial charge in [0.15, 0.2) is 6.21 Å². The second kappa shape index (κ2) is 8.92. The summed E-state index contributed by atoms with van der Waals surface area (Å²) >= 11 is 0. The number of hydrogen-bond acceptors (Lipinski definition) is 3. The van der Waals surface area contributed by atoms with E-state index in [1.54, 1.807) is 12.1 Å². The Labute approximate surface area is 194 Å². The lowest BCUT2D eigenvalue weighted by Gasteiger charge is -2.12. The highest BCUT2D eigenvalue weighted by Gasteiger charge is 2.31. The number of nitrogens with one attached hydrogen (secondary N) is 2. The predicted octanol–water partition coefficient (Wildman–Crippen LogP) is 4.10. The van der Waals surface area contributed by atoms with E-state index in [9.17, 15) is 13.2 Å². The van der Waals surface area contributed by atoms with Crippen molar-refractivity contribution < 1.29 is 31.1 Å². The molecule has 5 rings (SSSR count). The highest BCUT2D eigenvalue weighted by atomic mass is 32.2. The van der Waals surface area contributed by atoms with Crippen molar-refractivity contribution in [2.45, 2.75) is 6.18 Å². The normalized spacial score (nSPS) is 14.5. The Kier molecular flexibility index (Phi) is 6.16. The largest absolute Gasteiger partial charge is 0.748 e. The van der Waals surface area contributed by atoms with Gasteiger partial charge in [-0.1, -0.05) is 42.5 Å². The van der Waals surface area contributed by atoms with Crippen LogP contribution in [0.1, 0.15) is 22.3 Å². The Morgan fingerprint density at radius 1 is 0.941 bits per heavy atom. The Morgan fingerprint density at radius 3 is 2.24 bits per heavy atom. The van der Waals surface area contributed by atoms with Crippen LogP contribution in [0.2, 0.25) is 0 Å². The molecule has 0 radical (unpaired) electrons. The zero-order chi connectivity index (χ0) is 24.5. The standard InChI is InChI=1S/C24H15F3N2.CH4O3S/c25-24(26,27)16-11-9-15(10-12-16)23(19-13-28-21-7-3-1-5-17(19)21)20-14-29-22-8-4-2-6-18(20)22;1-5(2,3)4/h1-14,28H;1H3,(H,2,3,4)/b23-20+;. The number of rotatable bonds is 2. The summed E-state index contributed by atoms with van der Waals surface area (Å²) in [6, 6.07) is 21.2. The molecule has 1 aliphatic rings. The Hall–Kier alpha value is -3.69. The maximum absolute atomic E-state index is 13.1. The van der Waals surface area contributed by atoms with Crippen LogP contribution in [0.25, 0.3) is 22.0 Å². The molecule has 2 N–H and O–H groups in total. The fourth-order valence-corrected chi connectivity index (χ4v) is 3.84. The van der Waals surface area contributed by atoms with Crippen LogP contribution < -0.4 is 4.99 Å². The molecule has 4 aromatic rings. The number of aromatic amines is 1. The van der Waals surface area contributed by atoms with E-state index in [1.165, 1.54) is 0 Å². The van der Waals surface area contributed by atoms with Crippen molar-refractivity contribution in [2.24, 2.45) is 0 Å². The summed E-state index contributed by atoms with van der Waals surface area (Å²) in [5.74, 6) is 0. The summed E-state index contributed by atoms with van der Waals surface area (Å²) in [7, 11) is -3.92. The van der Waals surface area contributed by atoms with Gasteiger partial charge in [-0.2, -0.15) is 13.2 Å². The smallest absolute Gasteiger partial charge is 0.416 e. The molecule has 1 aromatic heterocycles. The van der Waals surface area contributed by atoms with Crippen molar-refractivity contribution in [2.75, 3.05) is 6.26 Å². The average molecular weight is 484 g/mol. The molecule has 0 saturated heterocycles. The highest BCUT2D eigenvalue weighted by molar-refractivity contribution is 7.84. The zero-order valence-electron chi connectivity index (χ0n) is 17.8. The lowest BCUT2D eigenvalue weighted by molar-refractivity contribution is -0.342. The number of halogens is 3. The third-order valence-electron chi connectivity index (χ3n) is 5.22. The molecule has 1 aliphatic heterocycles. The summed E-state index contributed by atoms with van der Waals surface area (Å²) in [6.45, 7) is 0. The summed E-state index contributed by atoms with van der Waals surface area (Å²) in [5, 5.41) is 1.02. The van der Waals surface area contributed by atoms with Gasteiger partial charge in [0.2, 0.25) is 5.69 Å². The number of para-hydroxylation sites is 2. The molecule has 0 spiro atoms. The summed E-state index contributed by atoms with van der Waals surface area (Å²) < 4.78 is 66.4. The second-order valence-corrected chi connectivity index (χ2v) is 9.06. The molecule has 0 aliphatic carbocycles. The maximum Gasteiger partial charge on any atom is 0.416 e. The van der Waals surface area contributed by atoms with Gasteiger partial charge in [-0.25, -0.2) is 13.4 Å². The minimum absolute atomic E-state index is 0.604. The van der Waals surface area contributed by atoms with Gasteiger partial charge in [-0.3, -0.25) is 0 Å². The van der Waals surface area contributed by atoms with Gasteiger partial charge in [0, 0.05) is 40.6 Å². The first-order chi connectivity index (χ1) is 16.0. The van der Waals surface area contributed by atoms with E-state index in [4.69, 9.17) is 13.0 Å². The van der Waals surface area contributed by atoms with E-state index in [1.807, 2.05) is 60.9 Å². The van der Waals surface area contributed by atoms with E-state index in [0.717, 1.165) is 56.6 Å². The Morgan fingerprint density at radius 2 is 1.56 bits per heavy atom. The molecule has 0 saturated carbocycles. The predicted molar refractivity (Wildman–Crippen MR) is 124 cm³/mol. The molecule has 0 bridgehead atoms. The molecule has 2 heterocycles. The number of fused-ring (bicyclic) bond motifs is 2. The molecule has 34 heavy (non-hydrogen) atoms. The van der Waals surface area contributed by atoms with Gasteiger partial charge in [0.1, 0.15) is 0 Å². The third kappa shape index (κ3) is 5.11. The van der Waals surface area contributed by atoms with Gasteiger partial charge in [-0.15, -0.1) is 0 Å². The molecule has 174 valence electrons. The molecule has 0 amide bonds. The number of alkyl halides is 3. The number of benzene rings is 3. The van der Waals surface area contributed by atoms with Crippen molar-refractivity contribution in [3.05, 3.63) is 101 Å². The quantitative estimate of drug-likeness (QED) is 0.420. The van der Waals surface area contributed by atoms with E-state index >= 15 is 0 Å². The van der Waals surface area contributed by atoms with Crippen molar-refractivity contribution in [1.82, 2.24) is 4.98 Å². The number of hydrogen-bond donors (Lipinski definition) is 2. The van der Waals surface area contributed by atoms with Crippen molar-refractivity contribution in [1.29, 1.82) is 0 Å². The fourth-order valence-electron chi connectivity index (χ4n) is 3.84. The third-order valence-corrected chi connectivity index (χ3v) is 5.22. The van der Waals surface area contributed by atoms with E-state index in [2.05, 4.69) is 9.98 Å². The molecular formula is C25H19F3N2O3S. The average Bonchev–Trinajstić information content (AvgIpc) is 3.38. The van der Waals surface area contributed by atoms with E-state index in [-0.39, 0.29) is 0 Å². The summed E-state index contributed by atoms with van der Waals surface area (Å²) in [6.07, 6.45) is 0.0755. The summed E-state index contributed by atoms with van der Waals surface area (Å²) in [4.78, 5) is 6.55. The fraction of sp³-hybridized carbons (Fsp3) is 0.0800. The highest BCUT2D eigenvalue weighted by Crippen LogP contribution is 2.38. The minimum atomic E-state index is -4.36. The number of allylic oxidation sites excluding steroid dienone is 1. The lowest BCUT2D eigenvalue weighted by atomic mass is 9.89. The van der Waals surface area contributed by atoms with Gasteiger partial charge in [0.05, 0.1) is 26.8 Å². The first-order valence-corrected chi connectivity index (χ1v) is 11.9. The first-order valence-electron chi connectivity index (χ1n) is 10.1. The SMILES string of the molecule is CS(=O)(=O)[O-].FC(F)(F)c1ccc(/C(=C2/C=[NH+]c3ccccc32)c2c[nH]c3ccccc23)cc1. The Bertz CT molecular complexity index is 1510. The van der Waals surface area contributed by atoms with Gasteiger partial charge < -0.3 is 9.54 Å². The molecule has 3 aromatic carbocycles. The first kappa shape index (κ1) is 23.5. The molecule has 0 atom stereocenters. The number of aromatic nitrogens is 1. The van der Waals surface area contributed by atoms with Gasteiger partial charge in [-0.05, 0) is 29.8 Å². The molecule has 0 fully saturated rings. The topological polar surface area (TPSA) is 87.0 Å². The van der Waals surface area contributed by atoms with E-state index in [0.29, 0.717) is 6.26 Å². The van der Waals surface area contributed by atoms with Crippen LogP contribution in [0.4, 0.5) is 18.9 Å². The zero-order valence-corrected chi connectivity index (χ0v) is 18.7. The van der Waals surface area contributed by atoms with Crippen LogP contribution >= 0.6 is 0 Å². The molecular weight excluding hydrogens is 465 g/mol. The minimum Gasteiger partial charge on any atom is -0.748 e. The Balaban J connectivity index is 0.000000499. The van der Waals surface area contributed by atoms with Gasteiger partial charge in [0.25, 0.3) is 0 Å². The summed E-state index contributed by atoms with van der Waals surface area (Å²) in [5.41, 5.74) is 5.83. The van der Waals surface area contributed by atoms with Crippen molar-refractivity contribution in [3.63, 3.8) is 0 Å². The molecule has 9 heteroatoms. The van der Waals surface area contributed by atoms with Crippen molar-refractivity contribution >= 4 is 44.1 Å². The van der Waals surface area contributed by atoms with Gasteiger partial charge >= 0.3 is 6.18 Å². The van der Waals surface area contributed by atoms with Crippen LogP contribution in [0.3, 0.4) is 0 Å². The monoisotopic (exact) mass is 484 g/mol. The van der Waals surface area contributed by atoms with Crippen LogP contribution in [0.15, 0.2) is 79.0 Å². The second-order valence-electron chi connectivity index (χ2n) is 7.65. The van der Waals surface area contributed by atoms with Crippen LogP contribution in [-0.4, -0.2) is 30.4 Å². The van der Waals surface area contributed by atoms with Crippen LogP contribution in [0, 0.1) is 0 Å². The van der Waals surface area contributed by atoms with Crippen LogP contribution in [0.5, 0.6) is 0 Å².